The van der Waals surface area contributed by atoms with Gasteiger partial charge in [-0.25, -0.2) is 9.07 Å². The number of thiophene rings is 1. The van der Waals surface area contributed by atoms with E-state index >= 15 is 0 Å². The van der Waals surface area contributed by atoms with Gasteiger partial charge in [0.2, 0.25) is 5.95 Å². The highest BCUT2D eigenvalue weighted by Gasteiger charge is 2.40. The minimum atomic E-state index is -0.582. The lowest BCUT2D eigenvalue weighted by atomic mass is 9.80. The Morgan fingerprint density at radius 1 is 1.19 bits per heavy atom. The molecule has 3 aromatic rings. The summed E-state index contributed by atoms with van der Waals surface area (Å²) in [6.45, 7) is 0. The lowest BCUT2D eigenvalue weighted by molar-refractivity contribution is -0.116. The Morgan fingerprint density at radius 2 is 2.08 bits per heavy atom. The average molecular weight is 366 g/mol. The zero-order valence-electron chi connectivity index (χ0n) is 13.7. The fraction of sp³-hybridized carbons (Fsp3) is 0.211. The van der Waals surface area contributed by atoms with E-state index in [4.69, 9.17) is 0 Å². The topological polar surface area (TPSA) is 59.8 Å². The molecule has 1 aliphatic heterocycles. The molecule has 0 saturated carbocycles. The Morgan fingerprint density at radius 3 is 2.88 bits per heavy atom. The van der Waals surface area contributed by atoms with Crippen molar-refractivity contribution in [3.8, 4) is 0 Å². The van der Waals surface area contributed by atoms with Crippen LogP contribution >= 0.6 is 11.3 Å². The molecule has 1 N–H and O–H groups in total. The van der Waals surface area contributed by atoms with Gasteiger partial charge in [-0.05, 0) is 23.9 Å². The van der Waals surface area contributed by atoms with Gasteiger partial charge in [0.1, 0.15) is 18.2 Å². The molecule has 2 aliphatic rings. The Hall–Kier alpha value is -2.80. The second kappa shape index (κ2) is 5.88. The molecule has 3 heterocycles. The van der Waals surface area contributed by atoms with E-state index in [9.17, 15) is 9.18 Å². The molecule has 0 saturated heterocycles. The minimum Gasteiger partial charge on any atom is -0.328 e. The molecule has 0 fully saturated rings. The van der Waals surface area contributed by atoms with Gasteiger partial charge in [-0.15, -0.1) is 11.3 Å². The van der Waals surface area contributed by atoms with E-state index in [1.807, 2.05) is 11.4 Å². The lowest BCUT2D eigenvalue weighted by Crippen LogP contribution is -2.33. The maximum absolute atomic E-state index is 14.5. The summed E-state index contributed by atoms with van der Waals surface area (Å²) in [5.41, 5.74) is 1.87. The van der Waals surface area contributed by atoms with E-state index in [0.717, 1.165) is 5.70 Å². The number of halogens is 1. The SMILES string of the molecule is O=C1C[C@H](c2cccs2)CC2=C1[C@@H](c1ccccc1F)n1ncnc1N2. The molecule has 130 valence electrons. The summed E-state index contributed by atoms with van der Waals surface area (Å²) < 4.78 is 16.1. The van der Waals surface area contributed by atoms with E-state index in [1.54, 1.807) is 34.2 Å². The summed E-state index contributed by atoms with van der Waals surface area (Å²) in [6.07, 6.45) is 2.56. The standard InChI is InChI=1S/C19H15FN4OS/c20-13-5-2-1-4-12(13)18-17-14(23-19-21-10-22-24(18)19)8-11(9-15(17)25)16-6-3-7-26-16/h1-7,10-11,18H,8-9H2,(H,21,22,23)/t11-,18-/m1/s1. The van der Waals surface area contributed by atoms with Gasteiger partial charge in [0.25, 0.3) is 0 Å². The maximum atomic E-state index is 14.5. The Kier molecular flexibility index (Phi) is 3.49. The van der Waals surface area contributed by atoms with E-state index < -0.39 is 6.04 Å². The summed E-state index contributed by atoms with van der Waals surface area (Å²) in [7, 11) is 0. The molecule has 1 aromatic carbocycles. The molecule has 0 bridgehead atoms. The number of allylic oxidation sites excluding steroid dienone is 2. The predicted molar refractivity (Wildman–Crippen MR) is 96.5 cm³/mol. The number of nitrogens with one attached hydrogen (secondary N) is 1. The highest BCUT2D eigenvalue weighted by molar-refractivity contribution is 7.10. The van der Waals surface area contributed by atoms with Gasteiger partial charge in [-0.3, -0.25) is 4.79 Å². The number of fused-ring (bicyclic) bond motifs is 1. The van der Waals surface area contributed by atoms with Gasteiger partial charge >= 0.3 is 0 Å². The van der Waals surface area contributed by atoms with Crippen LogP contribution in [0.4, 0.5) is 10.3 Å². The predicted octanol–water partition coefficient (Wildman–Crippen LogP) is 3.89. The van der Waals surface area contributed by atoms with E-state index in [1.165, 1.54) is 17.3 Å². The third kappa shape index (κ3) is 2.31. The summed E-state index contributed by atoms with van der Waals surface area (Å²) >= 11 is 1.66. The van der Waals surface area contributed by atoms with E-state index in [-0.39, 0.29) is 17.5 Å². The van der Waals surface area contributed by atoms with Crippen molar-refractivity contribution in [2.24, 2.45) is 0 Å². The maximum Gasteiger partial charge on any atom is 0.226 e. The third-order valence-corrected chi connectivity index (χ3v) is 6.04. The number of Topliss-reactive ketones (excluding diaryl/α,β-unsaturated/α-hetero) is 1. The second-order valence-electron chi connectivity index (χ2n) is 6.51. The van der Waals surface area contributed by atoms with Crippen molar-refractivity contribution in [2.45, 2.75) is 24.8 Å². The Bertz CT molecular complexity index is 1020. The molecule has 1 aliphatic carbocycles. The monoisotopic (exact) mass is 366 g/mol. The zero-order chi connectivity index (χ0) is 17.7. The number of ketones is 1. The second-order valence-corrected chi connectivity index (χ2v) is 7.49. The number of aromatic nitrogens is 3. The van der Waals surface area contributed by atoms with Crippen molar-refractivity contribution in [1.29, 1.82) is 0 Å². The van der Waals surface area contributed by atoms with Crippen molar-refractivity contribution < 1.29 is 9.18 Å². The molecule has 26 heavy (non-hydrogen) atoms. The van der Waals surface area contributed by atoms with Crippen LogP contribution in [0.1, 0.15) is 35.2 Å². The number of hydrogen-bond acceptors (Lipinski definition) is 5. The largest absolute Gasteiger partial charge is 0.328 e. The van der Waals surface area contributed by atoms with Gasteiger partial charge in [0.05, 0.1) is 0 Å². The van der Waals surface area contributed by atoms with Crippen LogP contribution in [0.15, 0.2) is 59.4 Å². The van der Waals surface area contributed by atoms with Gasteiger partial charge in [-0.1, -0.05) is 24.3 Å². The van der Waals surface area contributed by atoms with Crippen LogP contribution in [0, 0.1) is 5.82 Å². The van der Waals surface area contributed by atoms with Crippen LogP contribution < -0.4 is 5.32 Å². The molecule has 0 spiro atoms. The minimum absolute atomic E-state index is 0.0338. The Balaban J connectivity index is 1.65. The van der Waals surface area contributed by atoms with E-state index in [2.05, 4.69) is 21.5 Å². The normalized spacial score (nSPS) is 22.0. The zero-order valence-corrected chi connectivity index (χ0v) is 14.5. The van der Waals surface area contributed by atoms with Gasteiger partial charge in [0.15, 0.2) is 5.78 Å². The molecule has 2 aromatic heterocycles. The van der Waals surface area contributed by atoms with Crippen LogP contribution in [-0.2, 0) is 4.79 Å². The number of nitrogens with zero attached hydrogens (tertiary/aromatic N) is 3. The molecule has 0 radical (unpaired) electrons. The molecular weight excluding hydrogens is 351 g/mol. The molecule has 5 nitrogen and oxygen atoms in total. The lowest BCUT2D eigenvalue weighted by Gasteiger charge is -2.34. The molecule has 7 heteroatoms. The van der Waals surface area contributed by atoms with Crippen LogP contribution in [0.5, 0.6) is 0 Å². The molecule has 2 atom stereocenters. The fourth-order valence-corrected chi connectivity index (χ4v) is 4.69. The highest BCUT2D eigenvalue weighted by atomic mass is 32.1. The highest BCUT2D eigenvalue weighted by Crippen LogP contribution is 2.44. The van der Waals surface area contributed by atoms with Crippen LogP contribution in [0.25, 0.3) is 0 Å². The van der Waals surface area contributed by atoms with E-state index in [0.29, 0.717) is 29.9 Å². The van der Waals surface area contributed by atoms with Crippen LogP contribution in [0.2, 0.25) is 0 Å². The average Bonchev–Trinajstić information content (AvgIpc) is 3.32. The van der Waals surface area contributed by atoms with Gasteiger partial charge < -0.3 is 5.32 Å². The first-order valence-corrected chi connectivity index (χ1v) is 9.31. The quantitative estimate of drug-likeness (QED) is 0.747. The van der Waals surface area contributed by atoms with Crippen molar-refractivity contribution in [2.75, 3.05) is 5.32 Å². The van der Waals surface area contributed by atoms with Gasteiger partial charge in [-0.2, -0.15) is 10.1 Å². The molecule has 0 amide bonds. The summed E-state index contributed by atoms with van der Waals surface area (Å²) in [5.74, 6) is 0.369. The number of carbonyl (C=O) groups is 1. The summed E-state index contributed by atoms with van der Waals surface area (Å²) in [5, 5.41) is 9.52. The van der Waals surface area contributed by atoms with Crippen LogP contribution in [-0.4, -0.2) is 20.5 Å². The molecule has 5 rings (SSSR count). The van der Waals surface area contributed by atoms with Crippen molar-refractivity contribution in [1.82, 2.24) is 14.8 Å². The fourth-order valence-electron chi connectivity index (χ4n) is 3.86. The molecular formula is C19H15FN4OS. The number of anilines is 1. The number of hydrogen-bond donors (Lipinski definition) is 1. The smallest absolute Gasteiger partial charge is 0.226 e. The van der Waals surface area contributed by atoms with Gasteiger partial charge in [0, 0.05) is 34.0 Å². The van der Waals surface area contributed by atoms with Crippen molar-refractivity contribution in [3.63, 3.8) is 0 Å². The van der Waals surface area contributed by atoms with Crippen LogP contribution in [0.3, 0.4) is 0 Å². The number of rotatable bonds is 2. The van der Waals surface area contributed by atoms with Crippen molar-refractivity contribution >= 4 is 23.1 Å². The first kappa shape index (κ1) is 15.5. The number of benzene rings is 1. The first-order valence-electron chi connectivity index (χ1n) is 8.43. The first-order chi connectivity index (χ1) is 12.7. The summed E-state index contributed by atoms with van der Waals surface area (Å²) in [4.78, 5) is 18.5. The summed E-state index contributed by atoms with van der Waals surface area (Å²) in [6, 6.07) is 10.0. The third-order valence-electron chi connectivity index (χ3n) is 5.01. The van der Waals surface area contributed by atoms with Crippen molar-refractivity contribution in [3.05, 3.63) is 75.6 Å². The Labute approximate surface area is 153 Å². The number of carbonyl (C=O) groups excluding carboxylic acids is 1. The molecule has 0 unspecified atom stereocenters.